The Morgan fingerprint density at radius 3 is 2.96 bits per heavy atom. The molecule has 0 unspecified atom stereocenters. The first-order chi connectivity index (χ1) is 12.3. The maximum absolute atomic E-state index is 12.7. The molecule has 0 aromatic carbocycles. The summed E-state index contributed by atoms with van der Waals surface area (Å²) in [7, 11) is 1.71. The van der Waals surface area contributed by atoms with Crippen LogP contribution in [0, 0.1) is 5.92 Å². The third kappa shape index (κ3) is 3.15. The van der Waals surface area contributed by atoms with E-state index >= 15 is 0 Å². The first-order valence-electron chi connectivity index (χ1n) is 9.37. The van der Waals surface area contributed by atoms with Gasteiger partial charge in [-0.15, -0.1) is 0 Å². The Bertz CT molecular complexity index is 751. The minimum atomic E-state index is 0.257. The molecule has 0 spiro atoms. The molecule has 134 valence electrons. The van der Waals surface area contributed by atoms with Crippen molar-refractivity contribution in [2.45, 2.75) is 44.6 Å². The molecule has 0 radical (unpaired) electrons. The van der Waals surface area contributed by atoms with Gasteiger partial charge in [0.05, 0.1) is 6.61 Å². The third-order valence-corrected chi connectivity index (χ3v) is 5.62. The number of carbonyl (C=O) groups excluding carboxylic acids is 1. The number of carbonyl (C=O) groups is 1. The van der Waals surface area contributed by atoms with Crippen molar-refractivity contribution in [1.29, 1.82) is 0 Å². The fourth-order valence-electron chi connectivity index (χ4n) is 4.29. The van der Waals surface area contributed by atoms with Gasteiger partial charge < -0.3 is 14.2 Å². The molecule has 3 heterocycles. The van der Waals surface area contributed by atoms with Gasteiger partial charge in [0.1, 0.15) is 11.3 Å². The first kappa shape index (κ1) is 16.5. The molecule has 6 nitrogen and oxygen atoms in total. The normalized spacial score (nSPS) is 21.5. The number of hydrogen-bond donors (Lipinski definition) is 0. The lowest BCUT2D eigenvalue weighted by molar-refractivity contribution is -0.134. The van der Waals surface area contributed by atoms with Gasteiger partial charge in [-0.2, -0.15) is 0 Å². The highest BCUT2D eigenvalue weighted by Gasteiger charge is 2.34. The quantitative estimate of drug-likeness (QED) is 0.838. The fourth-order valence-corrected chi connectivity index (χ4v) is 4.29. The molecule has 2 aromatic rings. The molecule has 25 heavy (non-hydrogen) atoms. The topological polar surface area (TPSA) is 60.2 Å². The van der Waals surface area contributed by atoms with Gasteiger partial charge in [0.25, 0.3) is 0 Å². The highest BCUT2D eigenvalue weighted by Crippen LogP contribution is 2.32. The molecule has 1 saturated carbocycles. The molecule has 1 aliphatic carbocycles. The Morgan fingerprint density at radius 1 is 1.32 bits per heavy atom. The zero-order valence-electron chi connectivity index (χ0n) is 14.9. The number of methoxy groups -OCH3 is 1. The van der Waals surface area contributed by atoms with E-state index in [9.17, 15) is 4.79 Å². The summed E-state index contributed by atoms with van der Waals surface area (Å²) in [5, 5.41) is 0. The van der Waals surface area contributed by atoms with Crippen LogP contribution >= 0.6 is 0 Å². The van der Waals surface area contributed by atoms with Crippen LogP contribution in [0.1, 0.15) is 43.8 Å². The number of likely N-dealkylation sites (tertiary alicyclic amines) is 1. The van der Waals surface area contributed by atoms with E-state index in [4.69, 9.17) is 9.72 Å². The van der Waals surface area contributed by atoms with E-state index in [1.165, 1.54) is 12.8 Å². The number of fused-ring (bicyclic) bond motifs is 1. The highest BCUT2D eigenvalue weighted by molar-refractivity contribution is 5.79. The lowest BCUT2D eigenvalue weighted by atomic mass is 10.1. The highest BCUT2D eigenvalue weighted by atomic mass is 16.5. The maximum Gasteiger partial charge on any atom is 0.225 e. The van der Waals surface area contributed by atoms with E-state index in [0.29, 0.717) is 12.5 Å². The van der Waals surface area contributed by atoms with E-state index in [2.05, 4.69) is 14.5 Å². The van der Waals surface area contributed by atoms with Crippen molar-refractivity contribution in [3.63, 3.8) is 0 Å². The van der Waals surface area contributed by atoms with E-state index in [1.54, 1.807) is 7.11 Å². The number of pyridine rings is 1. The largest absolute Gasteiger partial charge is 0.383 e. The lowest BCUT2D eigenvalue weighted by Crippen LogP contribution is -2.33. The minimum Gasteiger partial charge on any atom is -0.383 e. The van der Waals surface area contributed by atoms with Gasteiger partial charge in [-0.3, -0.25) is 4.79 Å². The van der Waals surface area contributed by atoms with Crippen molar-refractivity contribution in [1.82, 2.24) is 19.4 Å². The Kier molecular flexibility index (Phi) is 4.70. The van der Waals surface area contributed by atoms with Crippen LogP contribution in [0.4, 0.5) is 0 Å². The van der Waals surface area contributed by atoms with Gasteiger partial charge in [-0.25, -0.2) is 9.97 Å². The second kappa shape index (κ2) is 7.12. The molecule has 1 atom stereocenters. The molecule has 1 saturated heterocycles. The zero-order chi connectivity index (χ0) is 17.2. The van der Waals surface area contributed by atoms with Gasteiger partial charge in [0.15, 0.2) is 5.65 Å². The van der Waals surface area contributed by atoms with Crippen LogP contribution in [0.2, 0.25) is 0 Å². The number of hydrogen-bond acceptors (Lipinski definition) is 4. The molecule has 0 bridgehead atoms. The number of aromatic nitrogens is 3. The van der Waals surface area contributed by atoms with E-state index in [1.807, 2.05) is 18.3 Å². The van der Waals surface area contributed by atoms with Gasteiger partial charge in [0, 0.05) is 44.8 Å². The van der Waals surface area contributed by atoms with Gasteiger partial charge in [-0.05, 0) is 31.4 Å². The molecule has 2 aliphatic rings. The predicted molar refractivity (Wildman–Crippen MR) is 95.3 cm³/mol. The molecular formula is C19H26N4O2. The molecule has 1 aliphatic heterocycles. The number of amides is 1. The summed E-state index contributed by atoms with van der Waals surface area (Å²) in [6, 6.07) is 3.93. The minimum absolute atomic E-state index is 0.257. The van der Waals surface area contributed by atoms with Crippen LogP contribution in [0.15, 0.2) is 18.3 Å². The molecule has 4 rings (SSSR count). The number of nitrogens with zero attached hydrogens (tertiary/aromatic N) is 4. The Hall–Kier alpha value is -1.95. The molecule has 1 amide bonds. The SMILES string of the molecule is COCCn1c([C@@H]2CCN(C(=O)C3CCCC3)C2)nc2cccnc21. The lowest BCUT2D eigenvalue weighted by Gasteiger charge is -2.20. The summed E-state index contributed by atoms with van der Waals surface area (Å²) >= 11 is 0. The first-order valence-corrected chi connectivity index (χ1v) is 9.37. The second-order valence-corrected chi connectivity index (χ2v) is 7.21. The van der Waals surface area contributed by atoms with Gasteiger partial charge in [0.2, 0.25) is 5.91 Å². The van der Waals surface area contributed by atoms with Crippen LogP contribution in [-0.2, 0) is 16.1 Å². The van der Waals surface area contributed by atoms with E-state index in [-0.39, 0.29) is 11.8 Å². The van der Waals surface area contributed by atoms with Crippen LogP contribution in [0.5, 0.6) is 0 Å². The summed E-state index contributed by atoms with van der Waals surface area (Å²) in [6.45, 7) is 3.01. The average molecular weight is 342 g/mol. The van der Waals surface area contributed by atoms with Crippen molar-refractivity contribution < 1.29 is 9.53 Å². The number of imidazole rings is 1. The maximum atomic E-state index is 12.7. The Labute approximate surface area is 148 Å². The summed E-state index contributed by atoms with van der Waals surface area (Å²) in [5.74, 6) is 1.95. The summed E-state index contributed by atoms with van der Waals surface area (Å²) in [5.41, 5.74) is 1.84. The molecule has 0 N–H and O–H groups in total. The van der Waals surface area contributed by atoms with Crippen LogP contribution in [0.25, 0.3) is 11.2 Å². The number of rotatable bonds is 5. The number of ether oxygens (including phenoxy) is 1. The van der Waals surface area contributed by atoms with Crippen molar-refractivity contribution in [2.24, 2.45) is 5.92 Å². The standard InChI is InChI=1S/C19H26N4O2/c1-25-12-11-23-17(21-16-7-4-9-20-18(16)23)15-8-10-22(13-15)19(24)14-5-2-3-6-14/h4,7,9,14-15H,2-3,5-6,8,10-13H2,1H3/t15-/m1/s1. The van der Waals surface area contributed by atoms with Crippen molar-refractivity contribution >= 4 is 17.1 Å². The predicted octanol–water partition coefficient (Wildman–Crippen LogP) is 2.58. The Balaban J connectivity index is 1.56. The molecular weight excluding hydrogens is 316 g/mol. The van der Waals surface area contributed by atoms with Crippen molar-refractivity contribution in [3.05, 3.63) is 24.2 Å². The van der Waals surface area contributed by atoms with Crippen LogP contribution in [-0.4, -0.2) is 52.1 Å². The van der Waals surface area contributed by atoms with E-state index < -0.39 is 0 Å². The van der Waals surface area contributed by atoms with E-state index in [0.717, 1.165) is 55.9 Å². The molecule has 2 aromatic heterocycles. The fraction of sp³-hybridized carbons (Fsp3) is 0.632. The monoisotopic (exact) mass is 342 g/mol. The molecule has 2 fully saturated rings. The third-order valence-electron chi connectivity index (χ3n) is 5.62. The van der Waals surface area contributed by atoms with Crippen molar-refractivity contribution in [3.8, 4) is 0 Å². The second-order valence-electron chi connectivity index (χ2n) is 7.21. The zero-order valence-corrected chi connectivity index (χ0v) is 14.9. The summed E-state index contributed by atoms with van der Waals surface area (Å²) in [6.07, 6.45) is 7.32. The average Bonchev–Trinajstić information content (AvgIpc) is 3.38. The summed E-state index contributed by atoms with van der Waals surface area (Å²) in [4.78, 5) is 24.1. The van der Waals surface area contributed by atoms with Crippen LogP contribution < -0.4 is 0 Å². The Morgan fingerprint density at radius 2 is 2.16 bits per heavy atom. The molecule has 6 heteroatoms. The smallest absolute Gasteiger partial charge is 0.225 e. The van der Waals surface area contributed by atoms with Crippen LogP contribution in [0.3, 0.4) is 0 Å². The van der Waals surface area contributed by atoms with Gasteiger partial charge in [-0.1, -0.05) is 12.8 Å². The summed E-state index contributed by atoms with van der Waals surface area (Å²) < 4.78 is 7.44. The van der Waals surface area contributed by atoms with Crippen molar-refractivity contribution in [2.75, 3.05) is 26.8 Å². The van der Waals surface area contributed by atoms with Gasteiger partial charge >= 0.3 is 0 Å².